The minimum atomic E-state index is -4.46. The van der Waals surface area contributed by atoms with Gasteiger partial charge in [-0.05, 0) is 3.82 Å². The Labute approximate surface area is 57.9 Å². The van der Waals surface area contributed by atoms with Crippen molar-refractivity contribution in [3.63, 3.8) is 0 Å². The number of hydrazine groups is 1. The number of nitrogens with two attached hydrogens (primary N) is 3. The van der Waals surface area contributed by atoms with E-state index in [0.717, 1.165) is 0 Å². The van der Waals surface area contributed by atoms with Crippen molar-refractivity contribution >= 4 is 20.4 Å². The molecule has 0 fully saturated rings. The van der Waals surface area contributed by atoms with Gasteiger partial charge in [0.25, 0.3) is 0 Å². The largest absolute Gasteiger partial charge is 0.304 e. The average Bonchev–Trinajstić information content (AvgIpc) is 1.59. The molecule has 0 bridgehead atoms. The van der Waals surface area contributed by atoms with Gasteiger partial charge in [-0.1, -0.05) is 0 Å². The van der Waals surface area contributed by atoms with Crippen LogP contribution in [0.15, 0.2) is 0 Å². The van der Waals surface area contributed by atoms with Crippen molar-refractivity contribution in [2.75, 3.05) is 0 Å². The summed E-state index contributed by atoms with van der Waals surface area (Å²) in [6.45, 7) is 0. The van der Waals surface area contributed by atoms with Crippen molar-refractivity contribution in [2.45, 2.75) is 0 Å². The molecule has 0 aromatic rings. The van der Waals surface area contributed by atoms with E-state index in [2.05, 4.69) is 16.1 Å². The van der Waals surface area contributed by atoms with E-state index >= 15 is 0 Å². The molecular weight excluding hydrogens is 184 g/mol. The lowest BCUT2D eigenvalue weighted by Crippen LogP contribution is -2.49. The molecule has 0 aromatic carbocycles. The zero-order chi connectivity index (χ0) is 8.58. The smallest absolute Gasteiger partial charge is 0.238 e. The first-order valence-corrected chi connectivity index (χ1v) is 4.77. The molecule has 0 radical (unpaired) electrons. The van der Waals surface area contributed by atoms with Crippen LogP contribution in [0.2, 0.25) is 0 Å². The minimum Gasteiger partial charge on any atom is -0.238 e. The SMILES string of the molecule is NN(S(N)(=O)=O)S(N)(=O)=O. The summed E-state index contributed by atoms with van der Waals surface area (Å²) < 4.78 is 39.8. The van der Waals surface area contributed by atoms with Gasteiger partial charge in [0.05, 0.1) is 0 Å². The molecule has 10 heavy (non-hydrogen) atoms. The maximum absolute atomic E-state index is 10.1. The summed E-state index contributed by atoms with van der Waals surface area (Å²) in [6.07, 6.45) is 0. The van der Waals surface area contributed by atoms with E-state index in [-0.39, 0.29) is 0 Å². The monoisotopic (exact) mass is 190 g/mol. The molecule has 0 saturated carbocycles. The van der Waals surface area contributed by atoms with Gasteiger partial charge >= 0.3 is 20.4 Å². The molecule has 0 spiro atoms. The van der Waals surface area contributed by atoms with E-state index in [4.69, 9.17) is 0 Å². The van der Waals surface area contributed by atoms with Gasteiger partial charge in [-0.3, -0.25) is 0 Å². The lowest BCUT2D eigenvalue weighted by molar-refractivity contribution is 0.508. The predicted molar refractivity (Wildman–Crippen MR) is 32.2 cm³/mol. The summed E-state index contributed by atoms with van der Waals surface area (Å²) in [6, 6.07) is 0. The highest BCUT2D eigenvalue weighted by Crippen LogP contribution is 1.88. The molecule has 0 aliphatic heterocycles. The Morgan fingerprint density at radius 1 is 0.900 bits per heavy atom. The molecule has 0 heterocycles. The molecule has 62 valence electrons. The summed E-state index contributed by atoms with van der Waals surface area (Å²) in [5.74, 6) is 4.44. The van der Waals surface area contributed by atoms with E-state index in [1.54, 1.807) is 0 Å². The van der Waals surface area contributed by atoms with Crippen molar-refractivity contribution in [2.24, 2.45) is 16.1 Å². The zero-order valence-electron chi connectivity index (χ0n) is 4.63. The van der Waals surface area contributed by atoms with E-state index < -0.39 is 24.2 Å². The van der Waals surface area contributed by atoms with E-state index in [9.17, 15) is 16.8 Å². The summed E-state index contributed by atoms with van der Waals surface area (Å²) in [7, 11) is -8.92. The second-order valence-electron chi connectivity index (χ2n) is 1.32. The number of hydrogen-bond acceptors (Lipinski definition) is 5. The summed E-state index contributed by atoms with van der Waals surface area (Å²) >= 11 is 0. The van der Waals surface area contributed by atoms with Crippen LogP contribution in [0.5, 0.6) is 0 Å². The Morgan fingerprint density at radius 3 is 1.10 bits per heavy atom. The topological polar surface area (TPSA) is 150 Å². The maximum atomic E-state index is 10.1. The van der Waals surface area contributed by atoms with Crippen molar-refractivity contribution in [1.82, 2.24) is 3.82 Å². The summed E-state index contributed by atoms with van der Waals surface area (Å²) in [4.78, 5) is 0. The van der Waals surface area contributed by atoms with Crippen LogP contribution >= 0.6 is 0 Å². The molecule has 8 nitrogen and oxygen atoms in total. The van der Waals surface area contributed by atoms with Gasteiger partial charge in [-0.25, -0.2) is 16.1 Å². The fraction of sp³-hybridized carbons (Fsp3) is 0. The molecule has 0 aliphatic carbocycles. The number of nitrogens with zero attached hydrogens (tertiary/aromatic N) is 1. The molecule has 10 heteroatoms. The van der Waals surface area contributed by atoms with Crippen LogP contribution in [0.3, 0.4) is 0 Å². The third-order valence-electron chi connectivity index (χ3n) is 0.502. The van der Waals surface area contributed by atoms with Crippen LogP contribution in [0, 0.1) is 0 Å². The summed E-state index contributed by atoms with van der Waals surface area (Å²) in [5, 5.41) is 8.56. The van der Waals surface area contributed by atoms with Crippen LogP contribution in [0.25, 0.3) is 0 Å². The highest BCUT2D eigenvalue weighted by atomic mass is 32.3. The van der Waals surface area contributed by atoms with E-state index in [1.807, 2.05) is 0 Å². The third-order valence-corrected chi connectivity index (χ3v) is 2.75. The second kappa shape index (κ2) is 2.41. The van der Waals surface area contributed by atoms with Gasteiger partial charge in [0.1, 0.15) is 0 Å². The highest BCUT2D eigenvalue weighted by molar-refractivity contribution is 8.01. The van der Waals surface area contributed by atoms with E-state index in [0.29, 0.717) is 0 Å². The lowest BCUT2D eigenvalue weighted by atomic mass is 12.9. The van der Waals surface area contributed by atoms with E-state index in [1.165, 1.54) is 0 Å². The van der Waals surface area contributed by atoms with Gasteiger partial charge in [-0.2, -0.15) is 16.8 Å². The molecule has 0 aromatic heterocycles. The predicted octanol–water partition coefficient (Wildman–Crippen LogP) is -3.43. The quantitative estimate of drug-likeness (QED) is 0.306. The second-order valence-corrected chi connectivity index (χ2v) is 4.39. The van der Waals surface area contributed by atoms with Crippen molar-refractivity contribution in [1.29, 1.82) is 0 Å². The Bertz CT molecular complexity index is 264. The van der Waals surface area contributed by atoms with Crippen LogP contribution in [0.1, 0.15) is 0 Å². The fourth-order valence-corrected chi connectivity index (χ4v) is 1.30. The molecule has 0 amide bonds. The first kappa shape index (κ1) is 9.74. The minimum absolute atomic E-state index is 0.625. The Balaban J connectivity index is 4.94. The molecule has 0 rings (SSSR count). The molecule has 0 atom stereocenters. The molecule has 0 unspecified atom stereocenters. The van der Waals surface area contributed by atoms with Crippen molar-refractivity contribution in [3.8, 4) is 0 Å². The Morgan fingerprint density at radius 2 is 1.10 bits per heavy atom. The molecular formula is H6N4O4S2. The highest BCUT2D eigenvalue weighted by Gasteiger charge is 2.23. The Kier molecular flexibility index (Phi) is 2.35. The number of rotatable bonds is 2. The van der Waals surface area contributed by atoms with Crippen LogP contribution in [0.4, 0.5) is 0 Å². The van der Waals surface area contributed by atoms with Gasteiger partial charge in [0, 0.05) is 0 Å². The molecule has 0 saturated heterocycles. The standard InChI is InChI=1S/H6N4O4S2/c1-4(9(2,5)6)10(3,7)8/h1H2,(H2,2,5,6)(H2,3,7,8). The van der Waals surface area contributed by atoms with Gasteiger partial charge in [0.2, 0.25) is 0 Å². The molecule has 6 N–H and O–H groups in total. The van der Waals surface area contributed by atoms with Gasteiger partial charge in [-0.15, -0.1) is 0 Å². The van der Waals surface area contributed by atoms with Gasteiger partial charge in [0.15, 0.2) is 0 Å². The van der Waals surface area contributed by atoms with Crippen LogP contribution in [-0.2, 0) is 20.4 Å². The maximum Gasteiger partial charge on any atom is 0.304 e. The lowest BCUT2D eigenvalue weighted by Gasteiger charge is -2.07. The third kappa shape index (κ3) is 2.55. The summed E-state index contributed by atoms with van der Waals surface area (Å²) in [5.41, 5.74) is 0. The Hall–Kier alpha value is -0.260. The van der Waals surface area contributed by atoms with Crippen LogP contribution in [-0.4, -0.2) is 20.7 Å². The molecule has 0 aliphatic rings. The van der Waals surface area contributed by atoms with Crippen molar-refractivity contribution < 1.29 is 16.8 Å². The normalized spacial score (nSPS) is 14.0. The first-order chi connectivity index (χ1) is 4.15. The van der Waals surface area contributed by atoms with Crippen molar-refractivity contribution in [3.05, 3.63) is 0 Å². The first-order valence-electron chi connectivity index (χ1n) is 1.76. The zero-order valence-corrected chi connectivity index (χ0v) is 6.26. The fourth-order valence-electron chi connectivity index (χ4n) is 0.145. The van der Waals surface area contributed by atoms with Crippen LogP contribution < -0.4 is 16.1 Å². The van der Waals surface area contributed by atoms with Gasteiger partial charge < -0.3 is 0 Å². The number of hydrogen-bond donors (Lipinski definition) is 3. The average molecular weight is 190 g/mol.